The number of piperidine rings is 1. The molecule has 1 aliphatic carbocycles. The van der Waals surface area contributed by atoms with E-state index in [1.54, 1.807) is 6.92 Å². The van der Waals surface area contributed by atoms with Crippen LogP contribution in [0.3, 0.4) is 0 Å². The van der Waals surface area contributed by atoms with E-state index in [4.69, 9.17) is 27.9 Å². The standard InChI is InChI=1S/C19H20Cl2N4O5S/c1-7-12(20)13(21)15(22-7)17(27)24-14-8-5-25(6-9(8)14)19-23-10(4-11(26)29-2)16(31-19)18(28)30-3/h8-9,14,22H,4-6H2,1-3H3,(H,24,27)/t8-,9+,14+. The third-order valence-electron chi connectivity index (χ3n) is 5.64. The van der Waals surface area contributed by atoms with Gasteiger partial charge in [0.05, 0.1) is 36.4 Å². The number of halogens is 2. The van der Waals surface area contributed by atoms with Gasteiger partial charge in [0.25, 0.3) is 5.91 Å². The quantitative estimate of drug-likeness (QED) is 0.602. The number of rotatable bonds is 6. The molecular formula is C19H20Cl2N4O5S. The molecule has 2 N–H and O–H groups in total. The van der Waals surface area contributed by atoms with Crippen molar-refractivity contribution >= 4 is 57.5 Å². The molecule has 0 unspecified atom stereocenters. The van der Waals surface area contributed by atoms with E-state index in [0.29, 0.717) is 39.5 Å². The van der Waals surface area contributed by atoms with Gasteiger partial charge in [0, 0.05) is 36.7 Å². The topological polar surface area (TPSA) is 114 Å². The summed E-state index contributed by atoms with van der Waals surface area (Å²) in [6.07, 6.45) is -0.101. The number of nitrogens with one attached hydrogen (secondary N) is 2. The third-order valence-corrected chi connectivity index (χ3v) is 7.73. The van der Waals surface area contributed by atoms with Crippen LogP contribution in [0.2, 0.25) is 10.0 Å². The van der Waals surface area contributed by atoms with Crippen LogP contribution in [0, 0.1) is 18.8 Å². The monoisotopic (exact) mass is 486 g/mol. The molecule has 166 valence electrons. The fraction of sp³-hybridized carbons (Fsp3) is 0.474. The number of hydrogen-bond acceptors (Lipinski definition) is 8. The Morgan fingerprint density at radius 2 is 1.87 bits per heavy atom. The first-order valence-electron chi connectivity index (χ1n) is 9.49. The molecule has 1 amide bonds. The number of thiazole rings is 1. The van der Waals surface area contributed by atoms with Gasteiger partial charge in [-0.25, -0.2) is 9.78 Å². The smallest absolute Gasteiger partial charge is 0.350 e. The first-order valence-corrected chi connectivity index (χ1v) is 11.1. The molecule has 2 aromatic heterocycles. The lowest BCUT2D eigenvalue weighted by molar-refractivity contribution is -0.139. The summed E-state index contributed by atoms with van der Waals surface area (Å²) >= 11 is 13.4. The minimum Gasteiger partial charge on any atom is -0.469 e. The highest BCUT2D eigenvalue weighted by Crippen LogP contribution is 2.48. The van der Waals surface area contributed by atoms with Crippen LogP contribution in [0.4, 0.5) is 5.13 Å². The van der Waals surface area contributed by atoms with Crippen LogP contribution in [0.1, 0.15) is 31.5 Å². The minimum atomic E-state index is -0.533. The van der Waals surface area contributed by atoms with Gasteiger partial charge < -0.3 is 24.7 Å². The van der Waals surface area contributed by atoms with Gasteiger partial charge in [-0.3, -0.25) is 9.59 Å². The lowest BCUT2D eigenvalue weighted by atomic mass is 10.3. The van der Waals surface area contributed by atoms with Crippen molar-refractivity contribution in [1.29, 1.82) is 0 Å². The molecule has 1 saturated carbocycles. The van der Waals surface area contributed by atoms with Gasteiger partial charge in [-0.15, -0.1) is 0 Å². The number of H-pyrrole nitrogens is 1. The third kappa shape index (κ3) is 3.99. The van der Waals surface area contributed by atoms with Crippen molar-refractivity contribution in [3.8, 4) is 0 Å². The molecule has 1 saturated heterocycles. The number of fused-ring (bicyclic) bond motifs is 1. The number of hydrogen-bond donors (Lipinski definition) is 2. The maximum Gasteiger partial charge on any atom is 0.350 e. The van der Waals surface area contributed by atoms with Gasteiger partial charge in [0.2, 0.25) is 0 Å². The molecule has 2 aliphatic rings. The van der Waals surface area contributed by atoms with Gasteiger partial charge in [-0.2, -0.15) is 0 Å². The van der Waals surface area contributed by atoms with Gasteiger partial charge in [0.1, 0.15) is 10.6 Å². The normalized spacial score (nSPS) is 21.6. The molecular weight excluding hydrogens is 467 g/mol. The predicted octanol–water partition coefficient (Wildman–Crippen LogP) is 2.45. The summed E-state index contributed by atoms with van der Waals surface area (Å²) in [6, 6.07) is 0.0387. The Bertz CT molecular complexity index is 1060. The summed E-state index contributed by atoms with van der Waals surface area (Å²) in [5.74, 6) is -0.762. The molecule has 0 aromatic carbocycles. The summed E-state index contributed by atoms with van der Waals surface area (Å²) in [7, 11) is 2.57. The zero-order valence-corrected chi connectivity index (χ0v) is 19.3. The fourth-order valence-corrected chi connectivity index (χ4v) is 5.34. The SMILES string of the molecule is COC(=O)Cc1nc(N2C[C@@H]3[C@H](C2)[C@H]3NC(=O)c2[nH]c(C)c(Cl)c2Cl)sc1C(=O)OC. The number of ether oxygens (including phenoxy) is 2. The predicted molar refractivity (Wildman–Crippen MR) is 115 cm³/mol. The summed E-state index contributed by atoms with van der Waals surface area (Å²) in [5, 5.41) is 4.23. The first-order chi connectivity index (χ1) is 14.7. The van der Waals surface area contributed by atoms with Crippen molar-refractivity contribution in [2.24, 2.45) is 11.8 Å². The first kappa shape index (κ1) is 21.9. The van der Waals surface area contributed by atoms with E-state index >= 15 is 0 Å². The lowest BCUT2D eigenvalue weighted by Crippen LogP contribution is -2.34. The molecule has 9 nitrogen and oxygen atoms in total. The average molecular weight is 487 g/mol. The highest BCUT2D eigenvalue weighted by Gasteiger charge is 2.57. The van der Waals surface area contributed by atoms with E-state index < -0.39 is 11.9 Å². The van der Waals surface area contributed by atoms with Crippen molar-refractivity contribution in [2.75, 3.05) is 32.2 Å². The Morgan fingerprint density at radius 3 is 2.42 bits per heavy atom. The van der Waals surface area contributed by atoms with Crippen LogP contribution >= 0.6 is 34.5 Å². The second-order valence-electron chi connectivity index (χ2n) is 7.50. The molecule has 31 heavy (non-hydrogen) atoms. The number of anilines is 1. The second kappa shape index (κ2) is 8.33. The number of carbonyl (C=O) groups is 3. The second-order valence-corrected chi connectivity index (χ2v) is 9.24. The summed E-state index contributed by atoms with van der Waals surface area (Å²) in [4.78, 5) is 46.0. The molecule has 4 rings (SSSR count). The average Bonchev–Trinajstić information content (AvgIpc) is 3.13. The number of methoxy groups -OCH3 is 2. The fourth-order valence-electron chi connectivity index (χ4n) is 3.90. The van der Waals surface area contributed by atoms with E-state index in [-0.39, 0.29) is 40.9 Å². The highest BCUT2D eigenvalue weighted by molar-refractivity contribution is 7.17. The zero-order chi connectivity index (χ0) is 22.4. The Labute approximate surface area is 192 Å². The summed E-state index contributed by atoms with van der Waals surface area (Å²) in [6.45, 7) is 3.11. The molecule has 12 heteroatoms. The van der Waals surface area contributed by atoms with E-state index in [9.17, 15) is 14.4 Å². The lowest BCUT2D eigenvalue weighted by Gasteiger charge is -2.19. The molecule has 3 atom stereocenters. The van der Waals surface area contributed by atoms with Crippen molar-refractivity contribution in [2.45, 2.75) is 19.4 Å². The molecule has 2 fully saturated rings. The molecule has 0 radical (unpaired) electrons. The van der Waals surface area contributed by atoms with Crippen molar-refractivity contribution in [3.05, 3.63) is 32.0 Å². The van der Waals surface area contributed by atoms with Crippen molar-refractivity contribution in [1.82, 2.24) is 15.3 Å². The molecule has 2 aromatic rings. The van der Waals surface area contributed by atoms with Crippen molar-refractivity contribution in [3.63, 3.8) is 0 Å². The number of esters is 2. The number of nitrogens with zero attached hydrogens (tertiary/aromatic N) is 2. The Morgan fingerprint density at radius 1 is 1.19 bits per heavy atom. The van der Waals surface area contributed by atoms with Gasteiger partial charge in [-0.1, -0.05) is 34.5 Å². The number of aromatic amines is 1. The number of aryl methyl sites for hydroxylation is 1. The molecule has 0 spiro atoms. The van der Waals surface area contributed by atoms with Gasteiger partial charge in [-0.05, 0) is 6.92 Å². The van der Waals surface area contributed by atoms with Gasteiger partial charge >= 0.3 is 11.9 Å². The largest absolute Gasteiger partial charge is 0.469 e. The van der Waals surface area contributed by atoms with Crippen LogP contribution in [-0.4, -0.2) is 61.2 Å². The zero-order valence-electron chi connectivity index (χ0n) is 17.0. The highest BCUT2D eigenvalue weighted by atomic mass is 35.5. The van der Waals surface area contributed by atoms with E-state index in [2.05, 4.69) is 24.9 Å². The van der Waals surface area contributed by atoms with E-state index in [1.165, 1.54) is 25.6 Å². The van der Waals surface area contributed by atoms with Crippen LogP contribution in [-0.2, 0) is 20.7 Å². The minimum absolute atomic E-state index is 0.0387. The Balaban J connectivity index is 1.41. The summed E-state index contributed by atoms with van der Waals surface area (Å²) in [5.41, 5.74) is 1.26. The molecule has 1 aliphatic heterocycles. The number of amides is 1. The van der Waals surface area contributed by atoms with E-state index in [0.717, 1.165) is 0 Å². The summed E-state index contributed by atoms with van der Waals surface area (Å²) < 4.78 is 9.50. The van der Waals surface area contributed by atoms with Crippen molar-refractivity contribution < 1.29 is 23.9 Å². The Hall–Kier alpha value is -2.30. The van der Waals surface area contributed by atoms with Crippen LogP contribution < -0.4 is 10.2 Å². The molecule has 3 heterocycles. The number of carbonyl (C=O) groups excluding carboxylic acids is 3. The van der Waals surface area contributed by atoms with Crippen LogP contribution in [0.15, 0.2) is 0 Å². The maximum absolute atomic E-state index is 12.5. The van der Waals surface area contributed by atoms with E-state index in [1.807, 2.05) is 0 Å². The van der Waals surface area contributed by atoms with Crippen LogP contribution in [0.25, 0.3) is 0 Å². The maximum atomic E-state index is 12.5. The van der Waals surface area contributed by atoms with Crippen LogP contribution in [0.5, 0.6) is 0 Å². The van der Waals surface area contributed by atoms with Gasteiger partial charge in [0.15, 0.2) is 5.13 Å². The Kier molecular flexibility index (Phi) is 5.89. The molecule has 0 bridgehead atoms. The number of aromatic nitrogens is 2.